The molecule has 0 aliphatic carbocycles. The standard InChI is InChI=1S/C16H25BrN2O2/c1-12(2)21-16-10-13(14(17)11-15(16)20-3)4-7-19-8-5-18-6-9-19/h10-12,18H,4-9H2,1-3H3. The normalized spacial score (nSPS) is 16.2. The number of nitrogens with zero attached hydrogens (tertiary/aromatic N) is 1. The molecule has 0 aromatic heterocycles. The third-order valence-electron chi connectivity index (χ3n) is 3.60. The molecular formula is C16H25BrN2O2. The Balaban J connectivity index is 2.06. The molecule has 1 saturated heterocycles. The van der Waals surface area contributed by atoms with Gasteiger partial charge in [0.2, 0.25) is 0 Å². The molecule has 21 heavy (non-hydrogen) atoms. The topological polar surface area (TPSA) is 33.7 Å². The molecule has 0 radical (unpaired) electrons. The summed E-state index contributed by atoms with van der Waals surface area (Å²) in [6.45, 7) is 9.57. The summed E-state index contributed by atoms with van der Waals surface area (Å²) in [6.07, 6.45) is 1.15. The van der Waals surface area contributed by atoms with Crippen molar-refractivity contribution in [2.75, 3.05) is 39.8 Å². The molecule has 1 aliphatic heterocycles. The maximum atomic E-state index is 5.85. The Hall–Kier alpha value is -0.780. The van der Waals surface area contributed by atoms with Gasteiger partial charge in [0.1, 0.15) is 0 Å². The van der Waals surface area contributed by atoms with E-state index in [9.17, 15) is 0 Å². The predicted octanol–water partition coefficient (Wildman–Crippen LogP) is 2.69. The number of nitrogens with one attached hydrogen (secondary N) is 1. The first kappa shape index (κ1) is 16.6. The van der Waals surface area contributed by atoms with E-state index in [-0.39, 0.29) is 6.10 Å². The van der Waals surface area contributed by atoms with Gasteiger partial charge in [-0.15, -0.1) is 0 Å². The summed E-state index contributed by atoms with van der Waals surface area (Å²) in [5, 5.41) is 3.38. The van der Waals surface area contributed by atoms with Crippen LogP contribution in [-0.4, -0.2) is 50.8 Å². The zero-order chi connectivity index (χ0) is 15.2. The van der Waals surface area contributed by atoms with E-state index >= 15 is 0 Å². The Kier molecular flexibility index (Phi) is 6.33. The second kappa shape index (κ2) is 8.01. The summed E-state index contributed by atoms with van der Waals surface area (Å²) >= 11 is 3.65. The molecule has 1 fully saturated rings. The van der Waals surface area contributed by atoms with Gasteiger partial charge in [0.05, 0.1) is 13.2 Å². The fraction of sp³-hybridized carbons (Fsp3) is 0.625. The first-order chi connectivity index (χ1) is 10.1. The Morgan fingerprint density at radius 3 is 2.57 bits per heavy atom. The van der Waals surface area contributed by atoms with Gasteiger partial charge < -0.3 is 19.7 Å². The lowest BCUT2D eigenvalue weighted by molar-refractivity contribution is 0.229. The molecule has 1 heterocycles. The molecule has 1 N–H and O–H groups in total. The third kappa shape index (κ3) is 4.87. The minimum atomic E-state index is 0.140. The lowest BCUT2D eigenvalue weighted by Gasteiger charge is -2.27. The van der Waals surface area contributed by atoms with Gasteiger partial charge in [0.15, 0.2) is 11.5 Å². The molecule has 2 rings (SSSR count). The van der Waals surface area contributed by atoms with E-state index in [4.69, 9.17) is 9.47 Å². The Morgan fingerprint density at radius 1 is 1.24 bits per heavy atom. The maximum Gasteiger partial charge on any atom is 0.161 e. The Bertz CT molecular complexity index is 460. The lowest BCUT2D eigenvalue weighted by atomic mass is 10.1. The highest BCUT2D eigenvalue weighted by atomic mass is 79.9. The van der Waals surface area contributed by atoms with Gasteiger partial charge in [-0.2, -0.15) is 0 Å². The van der Waals surface area contributed by atoms with Crippen LogP contribution in [0.2, 0.25) is 0 Å². The highest BCUT2D eigenvalue weighted by molar-refractivity contribution is 9.10. The van der Waals surface area contributed by atoms with Crippen molar-refractivity contribution < 1.29 is 9.47 Å². The minimum absolute atomic E-state index is 0.140. The highest BCUT2D eigenvalue weighted by Crippen LogP contribution is 2.34. The summed E-state index contributed by atoms with van der Waals surface area (Å²) in [5.74, 6) is 1.60. The molecule has 4 nitrogen and oxygen atoms in total. The number of hydrogen-bond acceptors (Lipinski definition) is 4. The first-order valence-electron chi connectivity index (χ1n) is 7.56. The molecule has 1 aromatic carbocycles. The molecule has 1 aliphatic rings. The molecular weight excluding hydrogens is 332 g/mol. The number of piperazine rings is 1. The van der Waals surface area contributed by atoms with Crippen LogP contribution in [0.3, 0.4) is 0 Å². The fourth-order valence-electron chi connectivity index (χ4n) is 2.49. The molecule has 0 spiro atoms. The average Bonchev–Trinajstić information content (AvgIpc) is 2.47. The SMILES string of the molecule is COc1cc(Br)c(CCN2CCNCC2)cc1OC(C)C. The maximum absolute atomic E-state index is 5.85. The van der Waals surface area contributed by atoms with Crippen LogP contribution in [0.1, 0.15) is 19.4 Å². The van der Waals surface area contributed by atoms with Gasteiger partial charge in [-0.1, -0.05) is 15.9 Å². The molecule has 5 heteroatoms. The first-order valence-corrected chi connectivity index (χ1v) is 8.35. The van der Waals surface area contributed by atoms with Crippen molar-refractivity contribution >= 4 is 15.9 Å². The number of benzene rings is 1. The van der Waals surface area contributed by atoms with Gasteiger partial charge in [-0.3, -0.25) is 0 Å². The van der Waals surface area contributed by atoms with Crippen LogP contribution in [0.25, 0.3) is 0 Å². The van der Waals surface area contributed by atoms with E-state index in [1.54, 1.807) is 7.11 Å². The smallest absolute Gasteiger partial charge is 0.161 e. The quantitative estimate of drug-likeness (QED) is 0.849. The molecule has 0 saturated carbocycles. The summed E-state index contributed by atoms with van der Waals surface area (Å²) in [5.41, 5.74) is 1.27. The zero-order valence-electron chi connectivity index (χ0n) is 13.1. The second-order valence-electron chi connectivity index (χ2n) is 5.60. The second-order valence-corrected chi connectivity index (χ2v) is 6.46. The fourth-order valence-corrected chi connectivity index (χ4v) is 3.01. The Morgan fingerprint density at radius 2 is 1.95 bits per heavy atom. The van der Waals surface area contributed by atoms with Crippen LogP contribution >= 0.6 is 15.9 Å². The molecule has 0 unspecified atom stereocenters. The molecule has 1 aromatic rings. The van der Waals surface area contributed by atoms with Crippen molar-refractivity contribution in [3.63, 3.8) is 0 Å². The highest BCUT2D eigenvalue weighted by Gasteiger charge is 2.14. The van der Waals surface area contributed by atoms with E-state index in [0.717, 1.165) is 55.1 Å². The zero-order valence-corrected chi connectivity index (χ0v) is 14.7. The minimum Gasteiger partial charge on any atom is -0.493 e. The van der Waals surface area contributed by atoms with Crippen molar-refractivity contribution in [1.82, 2.24) is 10.2 Å². The van der Waals surface area contributed by atoms with Gasteiger partial charge in [-0.25, -0.2) is 0 Å². The van der Waals surface area contributed by atoms with Gasteiger partial charge >= 0.3 is 0 Å². The van der Waals surface area contributed by atoms with Crippen LogP contribution in [0.5, 0.6) is 11.5 Å². The van der Waals surface area contributed by atoms with Gasteiger partial charge in [0, 0.05) is 37.2 Å². The van der Waals surface area contributed by atoms with Crippen molar-refractivity contribution in [3.8, 4) is 11.5 Å². The van der Waals surface area contributed by atoms with Crippen molar-refractivity contribution in [1.29, 1.82) is 0 Å². The summed E-state index contributed by atoms with van der Waals surface area (Å²) in [6, 6.07) is 4.11. The molecule has 118 valence electrons. The van der Waals surface area contributed by atoms with Gasteiger partial charge in [-0.05, 0) is 38.0 Å². The largest absolute Gasteiger partial charge is 0.493 e. The van der Waals surface area contributed by atoms with Crippen molar-refractivity contribution in [3.05, 3.63) is 22.2 Å². The monoisotopic (exact) mass is 356 g/mol. The van der Waals surface area contributed by atoms with E-state index < -0.39 is 0 Å². The third-order valence-corrected chi connectivity index (χ3v) is 4.34. The summed E-state index contributed by atoms with van der Waals surface area (Å²) < 4.78 is 12.3. The summed E-state index contributed by atoms with van der Waals surface area (Å²) in [7, 11) is 1.68. The van der Waals surface area contributed by atoms with Crippen LogP contribution in [0.4, 0.5) is 0 Å². The number of hydrogen-bond donors (Lipinski definition) is 1. The molecule has 0 atom stereocenters. The lowest BCUT2D eigenvalue weighted by Crippen LogP contribution is -2.44. The predicted molar refractivity (Wildman–Crippen MR) is 89.5 cm³/mol. The van der Waals surface area contributed by atoms with E-state index in [1.807, 2.05) is 19.9 Å². The van der Waals surface area contributed by atoms with Crippen molar-refractivity contribution in [2.24, 2.45) is 0 Å². The molecule has 0 amide bonds. The van der Waals surface area contributed by atoms with Crippen LogP contribution in [-0.2, 0) is 6.42 Å². The number of ether oxygens (including phenoxy) is 2. The number of methoxy groups -OCH3 is 1. The Labute approximate surface area is 135 Å². The van der Waals surface area contributed by atoms with E-state index in [0.29, 0.717) is 0 Å². The number of halogens is 1. The summed E-state index contributed by atoms with van der Waals surface area (Å²) in [4.78, 5) is 2.50. The van der Waals surface area contributed by atoms with E-state index in [1.165, 1.54) is 5.56 Å². The van der Waals surface area contributed by atoms with Crippen LogP contribution in [0, 0.1) is 0 Å². The average molecular weight is 357 g/mol. The van der Waals surface area contributed by atoms with Crippen LogP contribution in [0.15, 0.2) is 16.6 Å². The number of rotatable bonds is 6. The van der Waals surface area contributed by atoms with E-state index in [2.05, 4.69) is 32.2 Å². The van der Waals surface area contributed by atoms with Gasteiger partial charge in [0.25, 0.3) is 0 Å². The van der Waals surface area contributed by atoms with Crippen LogP contribution < -0.4 is 14.8 Å². The molecule has 0 bridgehead atoms. The van der Waals surface area contributed by atoms with Crippen molar-refractivity contribution in [2.45, 2.75) is 26.4 Å².